The Hall–Kier alpha value is -13.4. The first-order valence-corrected chi connectivity index (χ1v) is 43.6. The summed E-state index contributed by atoms with van der Waals surface area (Å²) in [6.45, 7) is 7.84. The number of aromatic amines is 1. The third kappa shape index (κ3) is 20.8. The van der Waals surface area contributed by atoms with Gasteiger partial charge in [0.05, 0.1) is 0 Å². The van der Waals surface area contributed by atoms with Crippen molar-refractivity contribution < 1.29 is 95.0 Å². The van der Waals surface area contributed by atoms with Crippen molar-refractivity contribution in [1.82, 2.24) is 45.3 Å². The van der Waals surface area contributed by atoms with E-state index in [1.807, 2.05) is 127 Å². The molecule has 5 heterocycles. The van der Waals surface area contributed by atoms with E-state index < -0.39 is 112 Å². The molecule has 2 aliphatic carbocycles. The van der Waals surface area contributed by atoms with Gasteiger partial charge in [-0.25, -0.2) is 9.59 Å². The van der Waals surface area contributed by atoms with Crippen LogP contribution in [-0.2, 0) is 73.3 Å². The number of aliphatic hydroxyl groups is 1. The van der Waals surface area contributed by atoms with Crippen LogP contribution < -0.4 is 36.3 Å². The number of fused-ring (bicyclic) bond motifs is 7. The molecule has 8 aromatic carbocycles. The number of nitrogens with zero attached hydrogens (tertiary/aromatic N) is 7. The zero-order valence-electron chi connectivity index (χ0n) is 70.6. The molecule has 0 bridgehead atoms. The molecule has 2 saturated heterocycles. The minimum absolute atomic E-state index is 0.00658. The van der Waals surface area contributed by atoms with Gasteiger partial charge in [-0.15, -0.1) is 0 Å². The maximum atomic E-state index is 14.0. The number of ether oxygens (including phenoxy) is 8. The summed E-state index contributed by atoms with van der Waals surface area (Å²) in [4.78, 5) is 142. The molecule has 33 nitrogen and oxygen atoms in total. The van der Waals surface area contributed by atoms with Crippen LogP contribution in [0.4, 0.5) is 15.5 Å². The minimum atomic E-state index is -5.19. The van der Waals surface area contributed by atoms with Crippen LogP contribution in [0.15, 0.2) is 229 Å². The van der Waals surface area contributed by atoms with E-state index in [1.54, 1.807) is 69.8 Å². The third-order valence-electron chi connectivity index (χ3n) is 22.9. The second-order valence-corrected chi connectivity index (χ2v) is 33.0. The fourth-order valence-electron chi connectivity index (χ4n) is 16.4. The van der Waals surface area contributed by atoms with Crippen LogP contribution in [0, 0.1) is 6.57 Å². The molecule has 2 fully saturated rings. The molecule has 15 rings (SSSR count). The van der Waals surface area contributed by atoms with E-state index in [0.717, 1.165) is 44.5 Å². The molecule has 34 heteroatoms. The molecule has 5 unspecified atom stereocenters. The quantitative estimate of drug-likeness (QED) is 0.00475. The molecule has 10 aromatic rings. The molecular formula is C94H97N12O21P. The monoisotopic (exact) mass is 1760 g/mol. The number of amides is 5. The Morgan fingerprint density at radius 2 is 1.22 bits per heavy atom. The van der Waals surface area contributed by atoms with Crippen molar-refractivity contribution in [2.45, 2.75) is 119 Å². The maximum absolute atomic E-state index is 14.0. The second-order valence-electron chi connectivity index (χ2n) is 31.2. The van der Waals surface area contributed by atoms with Crippen LogP contribution in [0.1, 0.15) is 125 Å². The number of ketones is 1. The van der Waals surface area contributed by atoms with Crippen molar-refractivity contribution >= 4 is 72.8 Å². The van der Waals surface area contributed by atoms with E-state index in [2.05, 4.69) is 70.3 Å². The summed E-state index contributed by atoms with van der Waals surface area (Å²) in [5.74, 6) is -2.01. The molecule has 7 atom stereocenters. The number of methoxy groups -OCH3 is 2. The number of Topliss-reactive ketones (excluding diaryl/α,β-unsaturated/α-hetero) is 1. The van der Waals surface area contributed by atoms with Gasteiger partial charge in [0, 0.05) is 37.5 Å². The number of nitrogens with one attached hydrogen (secondary N) is 5. The summed E-state index contributed by atoms with van der Waals surface area (Å²) in [5, 5.41) is 22.5. The molecule has 0 spiro atoms. The summed E-state index contributed by atoms with van der Waals surface area (Å²) < 4.78 is 70.3. The van der Waals surface area contributed by atoms with Gasteiger partial charge in [-0.2, -0.15) is 0 Å². The van der Waals surface area contributed by atoms with E-state index in [-0.39, 0.29) is 137 Å². The van der Waals surface area contributed by atoms with Gasteiger partial charge in [-0.3, -0.25) is 4.79 Å². The summed E-state index contributed by atoms with van der Waals surface area (Å²) in [6, 6.07) is 62.7. The number of H-pyrrole nitrogens is 1. The van der Waals surface area contributed by atoms with Crippen molar-refractivity contribution in [3.05, 3.63) is 291 Å². The molecule has 0 radical (unpaired) electrons. The predicted molar refractivity (Wildman–Crippen MR) is 470 cm³/mol. The molecule has 3 aliphatic heterocycles. The van der Waals surface area contributed by atoms with Gasteiger partial charge in [0.1, 0.15) is 13.2 Å². The summed E-state index contributed by atoms with van der Waals surface area (Å²) in [7, 11) is -0.505. The number of aromatic nitrogens is 4. The number of hydrogen-bond acceptors (Lipinski definition) is 25. The Balaban J connectivity index is 0.619. The summed E-state index contributed by atoms with van der Waals surface area (Å²) >= 11 is 0. The van der Waals surface area contributed by atoms with Crippen LogP contribution in [0.3, 0.4) is 0 Å². The first-order valence-electron chi connectivity index (χ1n) is 41.9. The molecule has 664 valence electrons. The molecule has 5 amide bonds. The van der Waals surface area contributed by atoms with Gasteiger partial charge >= 0.3 is 467 Å². The van der Waals surface area contributed by atoms with E-state index in [9.17, 15) is 48.4 Å². The number of imidazole rings is 1. The molecule has 2 aromatic heterocycles. The normalized spacial score (nSPS) is 18.1. The number of rotatable bonds is 37. The van der Waals surface area contributed by atoms with Crippen LogP contribution >= 0.6 is 8.17 Å². The number of carbonyl (C=O) groups excluding carboxylic acids is 7. The number of esters is 1. The fraction of sp³-hybridized carbons (Fsp3) is 0.319. The van der Waals surface area contributed by atoms with E-state index >= 15 is 0 Å². The van der Waals surface area contributed by atoms with Gasteiger partial charge in [-0.05, 0) is 68.6 Å². The van der Waals surface area contributed by atoms with Crippen molar-refractivity contribution in [3.63, 3.8) is 0 Å². The molecule has 7 N–H and O–H groups in total. The Morgan fingerprint density at radius 3 is 1.82 bits per heavy atom. The number of aliphatic imine (C=N–C) groups is 1. The van der Waals surface area contributed by atoms with Gasteiger partial charge in [0.25, 0.3) is 5.91 Å². The van der Waals surface area contributed by atoms with Crippen LogP contribution in [0.25, 0.3) is 38.3 Å². The van der Waals surface area contributed by atoms with E-state index in [1.165, 1.54) is 39.9 Å². The summed E-state index contributed by atoms with van der Waals surface area (Å²) in [5.41, 5.74) is 9.28. The zero-order valence-corrected chi connectivity index (χ0v) is 71.6. The predicted octanol–water partition coefficient (Wildman–Crippen LogP) is 11.6. The Morgan fingerprint density at radius 1 is 0.648 bits per heavy atom. The van der Waals surface area contributed by atoms with Gasteiger partial charge in [0.15, 0.2) is 0 Å². The standard InChI is InChI=1S/C94H97N12O21P/c1-58(107)29-42-85(110)126-76-50-83(105-48-44-80(100-91(105)113)99-81(108)28-17-47-104(3)93(115)120-54-75-72-26-15-11-22-68(72)69-23-12-16-27-73(69)75)125-79(76)56-123-128(116,122-49-46-95-2)127-77-51-84(124-78(77)55-121-94(61-18-7-6-8-19-61,62-34-38-64(117-4)39-35-62)63-36-40-65(118-5)41-37-63)106-57-98-86-87(106)102-90(103-89(86)112)101-82(109)43-45-96-88(111)60-32-30-59(31-33-60)52-97-92(114)119-53-74-70-24-13-9-20-66(70)67-21-10-14-25-71(67)74/h6-16,18-27,30-41,44,48,57,74-79,83-84,91,113,116,128H,17,28-29,42-43,45-47,49-56H2,1,3-5H3,(H,96,111)(H,97,114)(H,99,100,108)(H2,101,102,103,109,112)/t76?,77?,78?,79-,83?,84-,91?/m1/s1. The molecule has 128 heavy (non-hydrogen) atoms. The molecule has 0 saturated carbocycles. The topological polar surface area (TPSA) is 396 Å². The Kier molecular flexibility index (Phi) is 28.6. The van der Waals surface area contributed by atoms with Crippen molar-refractivity contribution in [3.8, 4) is 33.8 Å². The van der Waals surface area contributed by atoms with Gasteiger partial charge in [-0.1, -0.05) is 109 Å². The number of benzene rings is 8. The number of carbonyl (C=O) groups is 7. The van der Waals surface area contributed by atoms with E-state index in [4.69, 9.17) is 58.0 Å². The van der Waals surface area contributed by atoms with Crippen molar-refractivity contribution in [2.75, 3.05) is 79.3 Å². The van der Waals surface area contributed by atoms with Crippen molar-refractivity contribution in [1.29, 1.82) is 0 Å². The van der Waals surface area contributed by atoms with Crippen molar-refractivity contribution in [2.24, 2.45) is 4.99 Å². The Labute approximate surface area is 737 Å². The number of aliphatic hydroxyl groups excluding tert-OH is 1. The van der Waals surface area contributed by atoms with Crippen LogP contribution in [0.2, 0.25) is 0 Å². The second kappa shape index (κ2) is 40.9. The first-order chi connectivity index (χ1) is 62.1. The van der Waals surface area contributed by atoms with Gasteiger partial charge in [0.2, 0.25) is 0 Å². The number of alkyl carbamates (subject to hydrolysis) is 1. The Bertz CT molecular complexity index is 5720. The fourth-order valence-corrected chi connectivity index (χ4v) is 18.0. The van der Waals surface area contributed by atoms with Crippen LogP contribution in [-0.4, -0.2) is 198 Å². The first kappa shape index (κ1) is 89.4. The third-order valence-corrected chi connectivity index (χ3v) is 24.6. The number of anilines is 1. The summed E-state index contributed by atoms with van der Waals surface area (Å²) in [6.07, 6.45) is -6.66. The van der Waals surface area contributed by atoms with Gasteiger partial charge < -0.3 is 25.0 Å². The van der Waals surface area contributed by atoms with E-state index in [0.29, 0.717) is 33.8 Å². The average Bonchev–Trinajstić information content (AvgIpc) is 1.32. The SMILES string of the molecule is [C-]#[N+]CCO[PH](O)(OC[C@H]1OC(N2C=CC(NC(=O)CCCN(C)C(=O)OCC3c4ccccc4-c4ccccc43)=NC2O)CC1OC(=O)CCC(C)=O)OC1C[C@H](n2cnc3c(=O)[nH]c(NC(=O)CCNC(=O)c4ccc(CNC(=O)OCC5c6ccccc6-c6ccccc65)cc4)nc32)OC1COC(c1ccccc1)(c1ccc(OC)cc1)c1ccc(OC)cc1. The van der Waals surface area contributed by atoms with Crippen LogP contribution in [0.5, 0.6) is 11.5 Å². The average molecular weight is 1760 g/mol. The molecule has 5 aliphatic rings. The zero-order chi connectivity index (χ0) is 89.4. The molecular weight excluding hydrogens is 1660 g/mol. The number of hydrogen-bond donors (Lipinski definition) is 7. The number of amidine groups is 1.